The van der Waals surface area contributed by atoms with Crippen LogP contribution in [-0.2, 0) is 0 Å². The molecule has 23 heavy (non-hydrogen) atoms. The summed E-state index contributed by atoms with van der Waals surface area (Å²) >= 11 is 0. The van der Waals surface area contributed by atoms with Crippen molar-refractivity contribution in [1.29, 1.82) is 0 Å². The summed E-state index contributed by atoms with van der Waals surface area (Å²) in [4.78, 5) is 4.66. The lowest BCUT2D eigenvalue weighted by Gasteiger charge is -2.09. The first-order valence-corrected chi connectivity index (χ1v) is 7.11. The summed E-state index contributed by atoms with van der Waals surface area (Å²) < 4.78 is 10.6. The summed E-state index contributed by atoms with van der Waals surface area (Å²) in [6.07, 6.45) is 0. The molecule has 0 fully saturated rings. The number of aromatic nitrogens is 2. The molecule has 0 radical (unpaired) electrons. The van der Waals surface area contributed by atoms with E-state index in [1.165, 1.54) is 0 Å². The second-order valence-electron chi connectivity index (χ2n) is 5.11. The maximum absolute atomic E-state index is 5.97. The maximum atomic E-state index is 5.97. The van der Waals surface area contributed by atoms with Gasteiger partial charge in [0.2, 0.25) is 0 Å². The molecular weight excluding hydrogens is 292 g/mol. The lowest BCUT2D eigenvalue weighted by atomic mass is 10.1. The third kappa shape index (κ3) is 2.20. The zero-order chi connectivity index (χ0) is 15.8. The van der Waals surface area contributed by atoms with Crippen LogP contribution in [0.15, 0.2) is 53.1 Å². The molecule has 0 saturated heterocycles. The molecule has 2 heterocycles. The van der Waals surface area contributed by atoms with E-state index in [-0.39, 0.29) is 0 Å². The molecule has 2 aromatic carbocycles. The van der Waals surface area contributed by atoms with Gasteiger partial charge in [-0.1, -0.05) is 23.4 Å². The molecule has 6 nitrogen and oxygen atoms in total. The average molecular weight is 306 g/mol. The smallest absolute Gasteiger partial charge is 0.182 e. The van der Waals surface area contributed by atoms with Crippen LogP contribution in [-0.4, -0.2) is 17.3 Å². The van der Waals surface area contributed by atoms with E-state index in [1.807, 2.05) is 48.5 Å². The maximum Gasteiger partial charge on any atom is 0.182 e. The van der Waals surface area contributed by atoms with E-state index in [0.29, 0.717) is 22.6 Å². The third-order valence-corrected chi connectivity index (χ3v) is 3.67. The van der Waals surface area contributed by atoms with Gasteiger partial charge < -0.3 is 20.3 Å². The van der Waals surface area contributed by atoms with E-state index in [9.17, 15) is 0 Å². The molecule has 0 amide bonds. The largest absolute Gasteiger partial charge is 0.497 e. The molecule has 0 atom stereocenters. The minimum Gasteiger partial charge on any atom is -0.497 e. The van der Waals surface area contributed by atoms with E-state index in [2.05, 4.69) is 15.5 Å². The number of para-hydroxylation sites is 1. The number of nitrogens with two attached hydrogens (primary N) is 1. The monoisotopic (exact) mass is 306 g/mol. The Labute approximate surface area is 131 Å². The van der Waals surface area contributed by atoms with E-state index in [4.69, 9.17) is 15.0 Å². The number of anilines is 3. The second-order valence-corrected chi connectivity index (χ2v) is 5.11. The van der Waals surface area contributed by atoms with Crippen molar-refractivity contribution in [3.05, 3.63) is 48.5 Å². The lowest BCUT2D eigenvalue weighted by Crippen LogP contribution is -1.97. The standard InChI is InChI=1S/C17H14N4O2/c1-22-11-6-4-5-10(9-11)19-17-14-15(23-21-16(14)18)12-7-2-3-8-13(12)20-17/h2-9H,1H3,(H2,18,21)(H,19,20). The van der Waals surface area contributed by atoms with Gasteiger partial charge in [-0.2, -0.15) is 0 Å². The Balaban J connectivity index is 1.92. The fourth-order valence-electron chi connectivity index (χ4n) is 2.58. The van der Waals surface area contributed by atoms with Crippen LogP contribution in [0.2, 0.25) is 0 Å². The van der Waals surface area contributed by atoms with E-state index in [0.717, 1.165) is 22.3 Å². The van der Waals surface area contributed by atoms with Crippen LogP contribution < -0.4 is 15.8 Å². The highest BCUT2D eigenvalue weighted by molar-refractivity contribution is 6.11. The summed E-state index contributed by atoms with van der Waals surface area (Å²) in [7, 11) is 1.63. The zero-order valence-electron chi connectivity index (χ0n) is 12.4. The van der Waals surface area contributed by atoms with Crippen molar-refractivity contribution in [2.75, 3.05) is 18.2 Å². The lowest BCUT2D eigenvalue weighted by molar-refractivity contribution is 0.415. The molecule has 0 aliphatic carbocycles. The van der Waals surface area contributed by atoms with Gasteiger partial charge in [-0.25, -0.2) is 4.98 Å². The highest BCUT2D eigenvalue weighted by Gasteiger charge is 2.16. The van der Waals surface area contributed by atoms with Crippen LogP contribution in [0.1, 0.15) is 0 Å². The fourth-order valence-corrected chi connectivity index (χ4v) is 2.58. The van der Waals surface area contributed by atoms with Gasteiger partial charge in [0.1, 0.15) is 17.0 Å². The van der Waals surface area contributed by atoms with Gasteiger partial charge in [0, 0.05) is 17.1 Å². The molecule has 0 aliphatic rings. The van der Waals surface area contributed by atoms with Crippen molar-refractivity contribution in [2.45, 2.75) is 0 Å². The molecule has 6 heteroatoms. The third-order valence-electron chi connectivity index (χ3n) is 3.67. The zero-order valence-corrected chi connectivity index (χ0v) is 12.4. The van der Waals surface area contributed by atoms with Gasteiger partial charge in [0.25, 0.3) is 0 Å². The van der Waals surface area contributed by atoms with Crippen LogP contribution >= 0.6 is 0 Å². The number of pyridine rings is 1. The summed E-state index contributed by atoms with van der Waals surface area (Å²) in [5, 5.41) is 8.70. The van der Waals surface area contributed by atoms with Crippen LogP contribution in [0.3, 0.4) is 0 Å². The van der Waals surface area contributed by atoms with Gasteiger partial charge in [-0.15, -0.1) is 0 Å². The molecule has 4 aromatic rings. The van der Waals surface area contributed by atoms with Crippen molar-refractivity contribution >= 4 is 39.2 Å². The van der Waals surface area contributed by atoms with Gasteiger partial charge in [0.05, 0.1) is 12.6 Å². The highest BCUT2D eigenvalue weighted by atomic mass is 16.5. The topological polar surface area (TPSA) is 86.2 Å². The Morgan fingerprint density at radius 3 is 2.87 bits per heavy atom. The number of hydrogen-bond donors (Lipinski definition) is 2. The molecule has 0 spiro atoms. The summed E-state index contributed by atoms with van der Waals surface area (Å²) in [5.41, 5.74) is 8.24. The van der Waals surface area contributed by atoms with E-state index >= 15 is 0 Å². The average Bonchev–Trinajstić information content (AvgIpc) is 2.98. The fraction of sp³-hybridized carbons (Fsp3) is 0.0588. The van der Waals surface area contributed by atoms with Crippen LogP contribution in [0, 0.1) is 0 Å². The van der Waals surface area contributed by atoms with Crippen molar-refractivity contribution in [2.24, 2.45) is 0 Å². The Hall–Kier alpha value is -3.28. The van der Waals surface area contributed by atoms with Gasteiger partial charge in [-0.3, -0.25) is 0 Å². The summed E-state index contributed by atoms with van der Waals surface area (Å²) in [6.45, 7) is 0. The van der Waals surface area contributed by atoms with Crippen LogP contribution in [0.25, 0.3) is 21.9 Å². The molecule has 0 aliphatic heterocycles. The quantitative estimate of drug-likeness (QED) is 0.600. The molecule has 3 N–H and O–H groups in total. The molecule has 0 bridgehead atoms. The Morgan fingerprint density at radius 2 is 2.00 bits per heavy atom. The molecule has 0 unspecified atom stereocenters. The second kappa shape index (κ2) is 5.17. The van der Waals surface area contributed by atoms with Gasteiger partial charge in [0.15, 0.2) is 11.4 Å². The summed E-state index contributed by atoms with van der Waals surface area (Å²) in [5.74, 6) is 1.67. The van der Waals surface area contributed by atoms with E-state index in [1.54, 1.807) is 7.11 Å². The molecule has 2 aromatic heterocycles. The Kier molecular flexibility index (Phi) is 3.01. The predicted molar refractivity (Wildman–Crippen MR) is 90.0 cm³/mol. The van der Waals surface area contributed by atoms with Gasteiger partial charge in [-0.05, 0) is 24.3 Å². The number of nitrogens with zero attached hydrogens (tertiary/aromatic N) is 2. The number of benzene rings is 2. The van der Waals surface area contributed by atoms with Crippen molar-refractivity contribution in [3.63, 3.8) is 0 Å². The SMILES string of the molecule is COc1cccc(Nc2nc3ccccc3c3onc(N)c23)c1. The number of fused-ring (bicyclic) bond motifs is 3. The first-order chi connectivity index (χ1) is 11.3. The van der Waals surface area contributed by atoms with Crippen molar-refractivity contribution in [3.8, 4) is 5.75 Å². The number of hydrogen-bond acceptors (Lipinski definition) is 6. The first kappa shape index (κ1) is 13.4. The Morgan fingerprint density at radius 1 is 1.13 bits per heavy atom. The van der Waals surface area contributed by atoms with Crippen molar-refractivity contribution < 1.29 is 9.26 Å². The summed E-state index contributed by atoms with van der Waals surface area (Å²) in [6, 6.07) is 15.3. The molecule has 0 saturated carbocycles. The number of ether oxygens (including phenoxy) is 1. The van der Waals surface area contributed by atoms with Crippen LogP contribution in [0.4, 0.5) is 17.3 Å². The molecule has 4 rings (SSSR count). The predicted octanol–water partition coefficient (Wildman–Crippen LogP) is 3.71. The molecular formula is C17H14N4O2. The minimum atomic E-state index is 0.309. The normalized spacial score (nSPS) is 11.0. The van der Waals surface area contributed by atoms with Gasteiger partial charge >= 0.3 is 0 Å². The van der Waals surface area contributed by atoms with E-state index < -0.39 is 0 Å². The number of nitrogen functional groups attached to an aromatic ring is 1. The first-order valence-electron chi connectivity index (χ1n) is 7.11. The number of methoxy groups -OCH3 is 1. The Bertz CT molecular complexity index is 1010. The highest BCUT2D eigenvalue weighted by Crippen LogP contribution is 2.34. The number of rotatable bonds is 3. The van der Waals surface area contributed by atoms with Crippen LogP contribution in [0.5, 0.6) is 5.75 Å². The molecule has 114 valence electrons. The van der Waals surface area contributed by atoms with Crippen molar-refractivity contribution in [1.82, 2.24) is 10.1 Å². The number of nitrogens with one attached hydrogen (secondary N) is 1. The minimum absolute atomic E-state index is 0.309.